The Kier molecular flexibility index (Phi) is 3.58. The molecular weight excluding hydrogens is 204 g/mol. The molecule has 1 heterocycles. The Morgan fingerprint density at radius 3 is 3.06 bits per heavy atom. The third-order valence-corrected chi connectivity index (χ3v) is 2.75. The van der Waals surface area contributed by atoms with Crippen LogP contribution >= 0.6 is 0 Å². The van der Waals surface area contributed by atoms with E-state index in [0.29, 0.717) is 11.9 Å². The van der Waals surface area contributed by atoms with E-state index in [-0.39, 0.29) is 0 Å². The van der Waals surface area contributed by atoms with Crippen LogP contribution in [0.25, 0.3) is 0 Å². The molecule has 0 aliphatic heterocycles. The average Bonchev–Trinajstić information content (AvgIpc) is 3.14. The van der Waals surface area contributed by atoms with Crippen molar-refractivity contribution < 1.29 is 4.74 Å². The van der Waals surface area contributed by atoms with Gasteiger partial charge in [0.15, 0.2) is 0 Å². The molecule has 0 aromatic carbocycles. The van der Waals surface area contributed by atoms with Gasteiger partial charge in [-0.25, -0.2) is 10.8 Å². The van der Waals surface area contributed by atoms with Gasteiger partial charge in [0, 0.05) is 37.6 Å². The Morgan fingerprint density at radius 2 is 2.44 bits per heavy atom. The first-order chi connectivity index (χ1) is 7.85. The monoisotopic (exact) mass is 222 g/mol. The van der Waals surface area contributed by atoms with Crippen molar-refractivity contribution in [2.24, 2.45) is 5.84 Å². The van der Waals surface area contributed by atoms with Gasteiger partial charge in [-0.2, -0.15) is 0 Å². The summed E-state index contributed by atoms with van der Waals surface area (Å²) in [6.45, 7) is 1.65. The van der Waals surface area contributed by atoms with E-state index in [1.54, 1.807) is 13.3 Å². The van der Waals surface area contributed by atoms with Crippen molar-refractivity contribution in [3.05, 3.63) is 18.3 Å². The van der Waals surface area contributed by atoms with Crippen LogP contribution in [-0.2, 0) is 4.74 Å². The molecule has 0 radical (unpaired) electrons. The van der Waals surface area contributed by atoms with Crippen LogP contribution in [-0.4, -0.2) is 31.3 Å². The quantitative estimate of drug-likeness (QED) is 0.555. The van der Waals surface area contributed by atoms with Crippen molar-refractivity contribution in [1.29, 1.82) is 0 Å². The zero-order valence-corrected chi connectivity index (χ0v) is 9.52. The molecule has 0 bridgehead atoms. The van der Waals surface area contributed by atoms with Crippen LogP contribution in [0.5, 0.6) is 0 Å². The molecule has 2 rings (SSSR count). The second-order valence-corrected chi connectivity index (χ2v) is 3.96. The first-order valence-corrected chi connectivity index (χ1v) is 5.53. The molecule has 1 fully saturated rings. The fraction of sp³-hybridized carbons (Fsp3) is 0.545. The van der Waals surface area contributed by atoms with Crippen molar-refractivity contribution in [3.8, 4) is 0 Å². The van der Waals surface area contributed by atoms with Crippen molar-refractivity contribution in [2.75, 3.05) is 30.6 Å². The molecule has 0 saturated heterocycles. The summed E-state index contributed by atoms with van der Waals surface area (Å²) in [6, 6.07) is 4.63. The van der Waals surface area contributed by atoms with Crippen LogP contribution in [0.4, 0.5) is 11.5 Å². The normalized spacial score (nSPS) is 14.9. The maximum absolute atomic E-state index is 5.36. The van der Waals surface area contributed by atoms with Crippen LogP contribution < -0.4 is 16.2 Å². The molecule has 88 valence electrons. The predicted octanol–water partition coefficient (Wildman–Crippen LogP) is 0.982. The number of pyridine rings is 1. The van der Waals surface area contributed by atoms with Crippen molar-refractivity contribution in [2.45, 2.75) is 18.9 Å². The fourth-order valence-corrected chi connectivity index (χ4v) is 1.78. The summed E-state index contributed by atoms with van der Waals surface area (Å²) in [5.41, 5.74) is 3.72. The zero-order valence-electron chi connectivity index (χ0n) is 9.52. The second-order valence-electron chi connectivity index (χ2n) is 3.96. The molecule has 1 aliphatic carbocycles. The lowest BCUT2D eigenvalue weighted by molar-refractivity contribution is 0.205. The number of nitrogens with two attached hydrogens (primary N) is 1. The number of hydrazine groups is 1. The van der Waals surface area contributed by atoms with Gasteiger partial charge < -0.3 is 15.1 Å². The second kappa shape index (κ2) is 5.14. The van der Waals surface area contributed by atoms with Crippen molar-refractivity contribution in [3.63, 3.8) is 0 Å². The number of hydrogen-bond donors (Lipinski definition) is 2. The topological polar surface area (TPSA) is 63.4 Å². The molecule has 3 N–H and O–H groups in total. The van der Waals surface area contributed by atoms with Gasteiger partial charge in [0.2, 0.25) is 0 Å². The average molecular weight is 222 g/mol. The van der Waals surface area contributed by atoms with Crippen molar-refractivity contribution in [1.82, 2.24) is 4.98 Å². The number of anilines is 2. The highest BCUT2D eigenvalue weighted by Gasteiger charge is 2.29. The minimum Gasteiger partial charge on any atom is -0.383 e. The van der Waals surface area contributed by atoms with Crippen molar-refractivity contribution >= 4 is 11.5 Å². The number of nitrogens with one attached hydrogen (secondary N) is 1. The molecule has 0 amide bonds. The molecule has 1 aliphatic rings. The maximum Gasteiger partial charge on any atom is 0.141 e. The molecule has 16 heavy (non-hydrogen) atoms. The lowest BCUT2D eigenvalue weighted by Crippen LogP contribution is -2.29. The van der Waals surface area contributed by atoms with Gasteiger partial charge in [0.1, 0.15) is 5.82 Å². The van der Waals surface area contributed by atoms with E-state index in [1.807, 2.05) is 12.1 Å². The fourth-order valence-electron chi connectivity index (χ4n) is 1.78. The SMILES string of the molecule is COCCN(c1ccnc(NN)c1)C1CC1. The smallest absolute Gasteiger partial charge is 0.141 e. The molecule has 0 spiro atoms. The first-order valence-electron chi connectivity index (χ1n) is 5.53. The van der Waals surface area contributed by atoms with E-state index in [9.17, 15) is 0 Å². The Hall–Kier alpha value is -1.33. The Morgan fingerprint density at radius 1 is 1.62 bits per heavy atom. The molecule has 1 aromatic heterocycles. The number of nitrogens with zero attached hydrogens (tertiary/aromatic N) is 2. The summed E-state index contributed by atoms with van der Waals surface area (Å²) < 4.78 is 5.13. The molecule has 1 saturated carbocycles. The van der Waals surface area contributed by atoms with Gasteiger partial charge in [0.05, 0.1) is 6.61 Å². The number of ether oxygens (including phenoxy) is 1. The van der Waals surface area contributed by atoms with Crippen LogP contribution in [0.15, 0.2) is 18.3 Å². The first kappa shape index (κ1) is 11.2. The number of rotatable bonds is 6. The zero-order chi connectivity index (χ0) is 11.4. The Balaban J connectivity index is 2.10. The lowest BCUT2D eigenvalue weighted by atomic mass is 10.3. The lowest BCUT2D eigenvalue weighted by Gasteiger charge is -2.24. The molecule has 5 nitrogen and oxygen atoms in total. The Bertz CT molecular complexity index is 341. The van der Waals surface area contributed by atoms with Crippen LogP contribution in [0, 0.1) is 0 Å². The number of methoxy groups -OCH3 is 1. The summed E-state index contributed by atoms with van der Waals surface area (Å²) in [5, 5.41) is 0. The summed E-state index contributed by atoms with van der Waals surface area (Å²) in [5.74, 6) is 6.05. The van der Waals surface area contributed by atoms with E-state index >= 15 is 0 Å². The minimum absolute atomic E-state index is 0.656. The van der Waals surface area contributed by atoms with E-state index in [1.165, 1.54) is 12.8 Å². The highest BCUT2D eigenvalue weighted by molar-refractivity contribution is 5.54. The standard InChI is InChI=1S/C11H18N4O/c1-16-7-6-15(9-2-3-9)10-4-5-13-11(8-10)14-12/h4-5,8-9H,2-3,6-7,12H2,1H3,(H,13,14). The highest BCUT2D eigenvalue weighted by atomic mass is 16.5. The van der Waals surface area contributed by atoms with E-state index in [2.05, 4.69) is 15.3 Å². The summed E-state index contributed by atoms with van der Waals surface area (Å²) in [7, 11) is 1.73. The largest absolute Gasteiger partial charge is 0.383 e. The van der Waals surface area contributed by atoms with Gasteiger partial charge in [-0.15, -0.1) is 0 Å². The van der Waals surface area contributed by atoms with Gasteiger partial charge in [-0.3, -0.25) is 0 Å². The van der Waals surface area contributed by atoms with Gasteiger partial charge >= 0.3 is 0 Å². The Labute approximate surface area is 95.6 Å². The summed E-state index contributed by atoms with van der Waals surface area (Å²) in [6.07, 6.45) is 4.29. The minimum atomic E-state index is 0.656. The summed E-state index contributed by atoms with van der Waals surface area (Å²) >= 11 is 0. The highest BCUT2D eigenvalue weighted by Crippen LogP contribution is 2.31. The third kappa shape index (κ3) is 2.62. The number of nitrogen functional groups attached to an aromatic ring is 1. The summed E-state index contributed by atoms with van der Waals surface area (Å²) in [4.78, 5) is 6.46. The number of aromatic nitrogens is 1. The molecule has 1 aromatic rings. The van der Waals surface area contributed by atoms with Gasteiger partial charge in [-0.1, -0.05) is 0 Å². The molecule has 0 unspecified atom stereocenters. The molecule has 5 heteroatoms. The van der Waals surface area contributed by atoms with E-state index in [4.69, 9.17) is 10.6 Å². The number of hydrogen-bond acceptors (Lipinski definition) is 5. The van der Waals surface area contributed by atoms with Gasteiger partial charge in [0.25, 0.3) is 0 Å². The maximum atomic E-state index is 5.36. The predicted molar refractivity (Wildman–Crippen MR) is 64.3 cm³/mol. The van der Waals surface area contributed by atoms with Crippen LogP contribution in [0.3, 0.4) is 0 Å². The van der Waals surface area contributed by atoms with Crippen LogP contribution in [0.1, 0.15) is 12.8 Å². The molecule has 0 atom stereocenters. The molecular formula is C11H18N4O. The van der Waals surface area contributed by atoms with E-state index < -0.39 is 0 Å². The van der Waals surface area contributed by atoms with Crippen LogP contribution in [0.2, 0.25) is 0 Å². The van der Waals surface area contributed by atoms with E-state index in [0.717, 1.165) is 18.8 Å². The van der Waals surface area contributed by atoms with Gasteiger partial charge in [-0.05, 0) is 18.9 Å². The third-order valence-electron chi connectivity index (χ3n) is 2.75.